The van der Waals surface area contributed by atoms with Crippen LogP contribution in [0.15, 0.2) is 83.1 Å². The van der Waals surface area contributed by atoms with Crippen molar-refractivity contribution in [2.75, 3.05) is 6.61 Å². The highest BCUT2D eigenvalue weighted by molar-refractivity contribution is 5.37. The Bertz CT molecular complexity index is 799. The van der Waals surface area contributed by atoms with E-state index in [4.69, 9.17) is 9.47 Å². The molecule has 0 saturated heterocycles. The van der Waals surface area contributed by atoms with Crippen molar-refractivity contribution in [3.63, 3.8) is 0 Å². The molecule has 1 aliphatic heterocycles. The first-order valence-corrected chi connectivity index (χ1v) is 11.8. The van der Waals surface area contributed by atoms with Gasteiger partial charge in [0, 0.05) is 12.5 Å². The molecule has 170 valence electrons. The van der Waals surface area contributed by atoms with Gasteiger partial charge in [0.25, 0.3) is 0 Å². The standard InChI is InChI=1S/C29H42O2/c1-8-30-28-20-18-25(5)27(31-28)16-10-14-22(2)12-9-13-23(3)17-19-26-24(4)15-11-21-29(26,6)7/h9-10,12-14,16-20,25,27-28H,8,11,15,21H2,1-7H3/b12-9+,16-10+,19-17+,22-14+,23-13+. The van der Waals surface area contributed by atoms with E-state index in [0.29, 0.717) is 17.9 Å². The molecule has 2 heteroatoms. The van der Waals surface area contributed by atoms with Crippen molar-refractivity contribution in [2.45, 2.75) is 80.1 Å². The normalized spacial score (nSPS) is 27.9. The van der Waals surface area contributed by atoms with Gasteiger partial charge >= 0.3 is 0 Å². The molecule has 0 spiro atoms. The van der Waals surface area contributed by atoms with Gasteiger partial charge in [-0.25, -0.2) is 0 Å². The first-order chi connectivity index (χ1) is 14.7. The maximum absolute atomic E-state index is 5.97. The van der Waals surface area contributed by atoms with Crippen molar-refractivity contribution in [2.24, 2.45) is 11.3 Å². The van der Waals surface area contributed by atoms with Crippen LogP contribution in [-0.4, -0.2) is 19.0 Å². The fourth-order valence-corrected chi connectivity index (χ4v) is 4.18. The highest BCUT2D eigenvalue weighted by Gasteiger charge is 2.26. The molecular formula is C29H42O2. The molecule has 1 heterocycles. The van der Waals surface area contributed by atoms with Crippen LogP contribution < -0.4 is 0 Å². The van der Waals surface area contributed by atoms with E-state index in [2.05, 4.69) is 96.2 Å². The maximum Gasteiger partial charge on any atom is 0.177 e. The van der Waals surface area contributed by atoms with Crippen LogP contribution in [0.5, 0.6) is 0 Å². The largest absolute Gasteiger partial charge is 0.349 e. The van der Waals surface area contributed by atoms with Gasteiger partial charge in [0.15, 0.2) is 6.29 Å². The van der Waals surface area contributed by atoms with Crippen molar-refractivity contribution in [3.8, 4) is 0 Å². The molecule has 2 nitrogen and oxygen atoms in total. The molecule has 0 saturated carbocycles. The summed E-state index contributed by atoms with van der Waals surface area (Å²) < 4.78 is 11.5. The van der Waals surface area contributed by atoms with Crippen molar-refractivity contribution >= 4 is 0 Å². The summed E-state index contributed by atoms with van der Waals surface area (Å²) in [5.41, 5.74) is 5.81. The fourth-order valence-electron chi connectivity index (χ4n) is 4.18. The average Bonchev–Trinajstić information content (AvgIpc) is 2.69. The third-order valence-electron chi connectivity index (χ3n) is 6.15. The molecule has 0 radical (unpaired) electrons. The lowest BCUT2D eigenvalue weighted by Crippen LogP contribution is -2.30. The Morgan fingerprint density at radius 1 is 1.13 bits per heavy atom. The molecular weight excluding hydrogens is 380 g/mol. The lowest BCUT2D eigenvalue weighted by Gasteiger charge is -2.32. The SMILES string of the molecule is CCOC1C=CC(C)C(/C=C/C=C(C)/C=C/C=C(C)/C=C/C2=C(C)CCCC2(C)C)O1. The molecule has 2 rings (SSSR count). The molecule has 0 aromatic rings. The molecule has 31 heavy (non-hydrogen) atoms. The van der Waals surface area contributed by atoms with E-state index in [1.165, 1.54) is 36.0 Å². The number of hydrogen-bond donors (Lipinski definition) is 0. The third kappa shape index (κ3) is 8.27. The molecule has 0 bridgehead atoms. The molecule has 3 unspecified atom stereocenters. The molecule has 2 aliphatic rings. The van der Waals surface area contributed by atoms with Crippen LogP contribution >= 0.6 is 0 Å². The number of allylic oxidation sites excluding steroid dienone is 11. The molecule has 1 aliphatic carbocycles. The van der Waals surface area contributed by atoms with Gasteiger partial charge in [-0.05, 0) is 64.0 Å². The van der Waals surface area contributed by atoms with Crippen LogP contribution in [0.25, 0.3) is 0 Å². The van der Waals surface area contributed by atoms with E-state index in [0.717, 1.165) is 0 Å². The summed E-state index contributed by atoms with van der Waals surface area (Å²) in [6, 6.07) is 0. The van der Waals surface area contributed by atoms with Crippen molar-refractivity contribution in [1.29, 1.82) is 0 Å². The predicted octanol–water partition coefficient (Wildman–Crippen LogP) is 8.03. The molecule has 0 aromatic carbocycles. The number of ether oxygens (including phenoxy) is 2. The summed E-state index contributed by atoms with van der Waals surface area (Å²) in [6.07, 6.45) is 25.1. The van der Waals surface area contributed by atoms with Gasteiger partial charge in [-0.3, -0.25) is 0 Å². The van der Waals surface area contributed by atoms with Crippen LogP contribution in [0.2, 0.25) is 0 Å². The van der Waals surface area contributed by atoms with E-state index in [1.807, 2.05) is 13.0 Å². The Morgan fingerprint density at radius 2 is 1.84 bits per heavy atom. The maximum atomic E-state index is 5.97. The quantitative estimate of drug-likeness (QED) is 0.291. The second kappa shape index (κ2) is 12.2. The van der Waals surface area contributed by atoms with Gasteiger partial charge in [-0.1, -0.05) is 92.2 Å². The van der Waals surface area contributed by atoms with Crippen LogP contribution in [0, 0.1) is 11.3 Å². The Labute approximate surface area is 190 Å². The number of rotatable bonds is 8. The molecule has 3 atom stereocenters. The van der Waals surface area contributed by atoms with E-state index in [9.17, 15) is 0 Å². The summed E-state index contributed by atoms with van der Waals surface area (Å²) in [4.78, 5) is 0. The van der Waals surface area contributed by atoms with Crippen molar-refractivity contribution in [1.82, 2.24) is 0 Å². The molecule has 0 N–H and O–H groups in total. The van der Waals surface area contributed by atoms with Gasteiger partial charge in [-0.2, -0.15) is 0 Å². The van der Waals surface area contributed by atoms with E-state index in [-0.39, 0.29) is 12.4 Å². The minimum atomic E-state index is -0.235. The van der Waals surface area contributed by atoms with E-state index >= 15 is 0 Å². The van der Waals surface area contributed by atoms with E-state index < -0.39 is 0 Å². The number of hydrogen-bond acceptors (Lipinski definition) is 2. The summed E-state index contributed by atoms with van der Waals surface area (Å²) >= 11 is 0. The lowest BCUT2D eigenvalue weighted by molar-refractivity contribution is -0.141. The monoisotopic (exact) mass is 422 g/mol. The van der Waals surface area contributed by atoms with E-state index in [1.54, 1.807) is 5.57 Å². The Morgan fingerprint density at radius 3 is 2.55 bits per heavy atom. The lowest BCUT2D eigenvalue weighted by atomic mass is 9.72. The minimum absolute atomic E-state index is 0.0451. The topological polar surface area (TPSA) is 18.5 Å². The van der Waals surface area contributed by atoms with Gasteiger partial charge in [-0.15, -0.1) is 0 Å². The zero-order valence-corrected chi connectivity index (χ0v) is 20.7. The second-order valence-corrected chi connectivity index (χ2v) is 9.50. The van der Waals surface area contributed by atoms with Crippen LogP contribution in [0.4, 0.5) is 0 Å². The summed E-state index contributed by atoms with van der Waals surface area (Å²) in [5, 5.41) is 0. The van der Waals surface area contributed by atoms with Gasteiger partial charge in [0.1, 0.15) is 0 Å². The highest BCUT2D eigenvalue weighted by Crippen LogP contribution is 2.40. The van der Waals surface area contributed by atoms with Crippen LogP contribution in [0.1, 0.15) is 67.7 Å². The minimum Gasteiger partial charge on any atom is -0.349 e. The molecule has 0 fully saturated rings. The summed E-state index contributed by atoms with van der Waals surface area (Å²) in [6.45, 7) is 16.1. The van der Waals surface area contributed by atoms with Gasteiger partial charge < -0.3 is 9.47 Å². The average molecular weight is 423 g/mol. The fraction of sp³-hybridized carbons (Fsp3) is 0.517. The van der Waals surface area contributed by atoms with Gasteiger partial charge in [0.05, 0.1) is 6.10 Å². The highest BCUT2D eigenvalue weighted by atomic mass is 16.7. The Balaban J connectivity index is 1.92. The predicted molar refractivity (Wildman–Crippen MR) is 134 cm³/mol. The zero-order valence-electron chi connectivity index (χ0n) is 20.7. The third-order valence-corrected chi connectivity index (χ3v) is 6.15. The summed E-state index contributed by atoms with van der Waals surface area (Å²) in [5.74, 6) is 0.350. The van der Waals surface area contributed by atoms with Crippen LogP contribution in [-0.2, 0) is 9.47 Å². The smallest absolute Gasteiger partial charge is 0.177 e. The second-order valence-electron chi connectivity index (χ2n) is 9.50. The first-order valence-electron chi connectivity index (χ1n) is 11.8. The Hall–Kier alpha value is -1.90. The molecule has 0 aromatic heterocycles. The Kier molecular flexibility index (Phi) is 9.99. The van der Waals surface area contributed by atoms with Crippen molar-refractivity contribution in [3.05, 3.63) is 83.1 Å². The first kappa shape index (κ1) is 25.4. The van der Waals surface area contributed by atoms with Crippen LogP contribution in [0.3, 0.4) is 0 Å². The van der Waals surface area contributed by atoms with Crippen molar-refractivity contribution < 1.29 is 9.47 Å². The summed E-state index contributed by atoms with van der Waals surface area (Å²) in [7, 11) is 0. The molecule has 0 amide bonds. The van der Waals surface area contributed by atoms with Gasteiger partial charge in [0.2, 0.25) is 0 Å². The zero-order chi connectivity index (χ0) is 22.9.